The van der Waals surface area contributed by atoms with Gasteiger partial charge in [0, 0.05) is 29.7 Å². The first-order valence-corrected chi connectivity index (χ1v) is 6.09. The zero-order valence-electron chi connectivity index (χ0n) is 10.7. The highest BCUT2D eigenvalue weighted by Gasteiger charge is 2.30. The van der Waals surface area contributed by atoms with Crippen molar-refractivity contribution in [2.45, 2.75) is 6.18 Å². The van der Waals surface area contributed by atoms with Crippen LogP contribution in [0.3, 0.4) is 0 Å². The summed E-state index contributed by atoms with van der Waals surface area (Å²) in [6, 6.07) is 13.8. The summed E-state index contributed by atoms with van der Waals surface area (Å²) in [7, 11) is 1.91. The molecule has 1 radical (unpaired) electrons. The van der Waals surface area contributed by atoms with E-state index in [1.165, 1.54) is 12.1 Å². The molecule has 0 aliphatic carbocycles. The van der Waals surface area contributed by atoms with E-state index in [2.05, 4.69) is 6.07 Å². The van der Waals surface area contributed by atoms with Gasteiger partial charge in [0.25, 0.3) is 0 Å². The van der Waals surface area contributed by atoms with Crippen LogP contribution in [0.2, 0.25) is 0 Å². The molecule has 3 aromatic rings. The molecule has 1 heterocycles. The quantitative estimate of drug-likeness (QED) is 0.608. The van der Waals surface area contributed by atoms with E-state index in [1.54, 1.807) is 6.07 Å². The molecule has 1 aromatic heterocycles. The van der Waals surface area contributed by atoms with Gasteiger partial charge in [-0.15, -0.1) is 0 Å². The highest BCUT2D eigenvalue weighted by molar-refractivity contribution is 5.95. The van der Waals surface area contributed by atoms with Gasteiger partial charge in [0.2, 0.25) is 0 Å². The molecule has 0 N–H and O–H groups in total. The molecule has 1 nitrogen and oxygen atoms in total. The predicted molar refractivity (Wildman–Crippen MR) is 72.2 cm³/mol. The molecule has 0 bridgehead atoms. The van der Waals surface area contributed by atoms with Crippen molar-refractivity contribution in [3.8, 4) is 11.1 Å². The Morgan fingerprint density at radius 3 is 2.40 bits per heavy atom. The van der Waals surface area contributed by atoms with E-state index in [0.717, 1.165) is 34.2 Å². The van der Waals surface area contributed by atoms with Crippen LogP contribution in [0.1, 0.15) is 5.56 Å². The second-order valence-corrected chi connectivity index (χ2v) is 4.67. The van der Waals surface area contributed by atoms with Gasteiger partial charge >= 0.3 is 6.18 Å². The monoisotopic (exact) mass is 274 g/mol. The molecular formula is C16H11F3N. The van der Waals surface area contributed by atoms with Crippen molar-refractivity contribution in [1.29, 1.82) is 0 Å². The number of hydrogen-bond acceptors (Lipinski definition) is 0. The Morgan fingerprint density at radius 1 is 1.05 bits per heavy atom. The van der Waals surface area contributed by atoms with Crippen molar-refractivity contribution < 1.29 is 13.2 Å². The van der Waals surface area contributed by atoms with E-state index in [9.17, 15) is 13.2 Å². The van der Waals surface area contributed by atoms with Gasteiger partial charge in [0.15, 0.2) is 0 Å². The zero-order valence-corrected chi connectivity index (χ0v) is 10.7. The third-order valence-corrected chi connectivity index (χ3v) is 3.36. The van der Waals surface area contributed by atoms with Gasteiger partial charge in [0.05, 0.1) is 5.56 Å². The van der Waals surface area contributed by atoms with Crippen molar-refractivity contribution in [2.24, 2.45) is 7.05 Å². The molecule has 0 amide bonds. The number of fused-ring (bicyclic) bond motifs is 1. The maximum Gasteiger partial charge on any atom is 0.416 e. The minimum absolute atomic E-state index is 0.630. The van der Waals surface area contributed by atoms with E-state index in [4.69, 9.17) is 0 Å². The summed E-state index contributed by atoms with van der Waals surface area (Å²) in [6.45, 7) is 0. The molecule has 0 aliphatic rings. The lowest BCUT2D eigenvalue weighted by Gasteiger charge is -2.07. The van der Waals surface area contributed by atoms with Crippen LogP contribution in [0.5, 0.6) is 0 Å². The molecule has 2 aromatic carbocycles. The Balaban J connectivity index is 2.12. The predicted octanol–water partition coefficient (Wildman–Crippen LogP) is 4.66. The van der Waals surface area contributed by atoms with Gasteiger partial charge < -0.3 is 4.57 Å². The molecule has 4 heteroatoms. The summed E-state index contributed by atoms with van der Waals surface area (Å²) in [5, 5.41) is 1.01. The minimum atomic E-state index is -4.30. The molecule has 0 fully saturated rings. The van der Waals surface area contributed by atoms with Gasteiger partial charge in [-0.3, -0.25) is 0 Å². The summed E-state index contributed by atoms with van der Waals surface area (Å²) >= 11 is 0. The Hall–Kier alpha value is -2.23. The van der Waals surface area contributed by atoms with E-state index in [0.29, 0.717) is 0 Å². The number of nitrogens with zero attached hydrogens (tertiary/aromatic N) is 1. The lowest BCUT2D eigenvalue weighted by molar-refractivity contribution is -0.137. The molecule has 20 heavy (non-hydrogen) atoms. The number of aromatic nitrogens is 1. The third-order valence-electron chi connectivity index (χ3n) is 3.36. The zero-order chi connectivity index (χ0) is 14.3. The molecule has 3 rings (SSSR count). The lowest BCUT2D eigenvalue weighted by Crippen LogP contribution is -2.03. The molecule has 0 atom stereocenters. The molecule has 0 unspecified atom stereocenters. The summed E-state index contributed by atoms with van der Waals surface area (Å²) in [5.41, 5.74) is 2.07. The van der Waals surface area contributed by atoms with Crippen LogP contribution in [-0.4, -0.2) is 4.57 Å². The topological polar surface area (TPSA) is 4.93 Å². The first kappa shape index (κ1) is 12.8. The van der Waals surface area contributed by atoms with Crippen LogP contribution >= 0.6 is 0 Å². The molecule has 0 saturated heterocycles. The van der Waals surface area contributed by atoms with Gasteiger partial charge in [-0.1, -0.05) is 24.3 Å². The molecule has 0 saturated carbocycles. The Morgan fingerprint density at radius 2 is 1.75 bits per heavy atom. The SMILES string of the molecule is Cn1cc(-c2ccc(C(F)(F)F)cc2)c2cc[c]cc21. The fourth-order valence-electron chi connectivity index (χ4n) is 2.34. The largest absolute Gasteiger partial charge is 0.416 e. The standard InChI is InChI=1S/C16H11F3N/c1-20-10-14(13-4-2-3-5-15(13)20)11-6-8-12(9-7-11)16(17,18)19/h2,4-10H,1H3. The smallest absolute Gasteiger partial charge is 0.350 e. The van der Waals surface area contributed by atoms with Crippen LogP contribution in [0.4, 0.5) is 13.2 Å². The number of alkyl halides is 3. The maximum absolute atomic E-state index is 12.6. The maximum atomic E-state index is 12.6. The second kappa shape index (κ2) is 4.40. The molecule has 101 valence electrons. The van der Waals surface area contributed by atoms with E-state index < -0.39 is 11.7 Å². The number of halogens is 3. The fraction of sp³-hybridized carbons (Fsp3) is 0.125. The van der Waals surface area contributed by atoms with Crippen LogP contribution in [0.15, 0.2) is 48.7 Å². The van der Waals surface area contributed by atoms with Gasteiger partial charge in [-0.25, -0.2) is 0 Å². The van der Waals surface area contributed by atoms with Gasteiger partial charge in [0.1, 0.15) is 0 Å². The van der Waals surface area contributed by atoms with Crippen molar-refractivity contribution in [2.75, 3.05) is 0 Å². The average molecular weight is 274 g/mol. The second-order valence-electron chi connectivity index (χ2n) is 4.67. The van der Waals surface area contributed by atoms with Crippen molar-refractivity contribution in [3.63, 3.8) is 0 Å². The van der Waals surface area contributed by atoms with Crippen LogP contribution in [0, 0.1) is 6.07 Å². The van der Waals surface area contributed by atoms with Gasteiger partial charge in [-0.2, -0.15) is 13.2 Å². The summed E-state index contributed by atoms with van der Waals surface area (Å²) in [5.74, 6) is 0. The van der Waals surface area contributed by atoms with E-state index >= 15 is 0 Å². The van der Waals surface area contributed by atoms with E-state index in [1.807, 2.05) is 29.9 Å². The highest BCUT2D eigenvalue weighted by Crippen LogP contribution is 2.33. The van der Waals surface area contributed by atoms with Crippen molar-refractivity contribution in [3.05, 3.63) is 60.3 Å². The average Bonchev–Trinajstić information content (AvgIpc) is 2.76. The van der Waals surface area contributed by atoms with Crippen molar-refractivity contribution in [1.82, 2.24) is 4.57 Å². The number of benzene rings is 2. The highest BCUT2D eigenvalue weighted by atomic mass is 19.4. The normalized spacial score (nSPS) is 12.0. The Kier molecular flexibility index (Phi) is 2.82. The minimum Gasteiger partial charge on any atom is -0.350 e. The first-order chi connectivity index (χ1) is 9.47. The van der Waals surface area contributed by atoms with Crippen molar-refractivity contribution >= 4 is 10.9 Å². The number of hydrogen-bond donors (Lipinski definition) is 0. The summed E-state index contributed by atoms with van der Waals surface area (Å²) < 4.78 is 39.7. The number of aryl methyl sites for hydroxylation is 1. The summed E-state index contributed by atoms with van der Waals surface area (Å²) in [4.78, 5) is 0. The summed E-state index contributed by atoms with van der Waals surface area (Å²) in [6.07, 6.45) is -2.38. The van der Waals surface area contributed by atoms with E-state index in [-0.39, 0.29) is 0 Å². The lowest BCUT2D eigenvalue weighted by atomic mass is 10.0. The first-order valence-electron chi connectivity index (χ1n) is 6.09. The Labute approximate surface area is 114 Å². The fourth-order valence-corrected chi connectivity index (χ4v) is 2.34. The van der Waals surface area contributed by atoms with Gasteiger partial charge in [-0.05, 0) is 29.8 Å². The van der Waals surface area contributed by atoms with Crippen LogP contribution in [0.25, 0.3) is 22.0 Å². The molecular weight excluding hydrogens is 263 g/mol. The Bertz CT molecular complexity index is 751. The third kappa shape index (κ3) is 2.07. The molecule has 0 aliphatic heterocycles. The van der Waals surface area contributed by atoms with Crippen LogP contribution in [-0.2, 0) is 13.2 Å². The van der Waals surface area contributed by atoms with Crippen LogP contribution < -0.4 is 0 Å². The molecule has 0 spiro atoms. The number of rotatable bonds is 1.